The minimum absolute atomic E-state index is 0.0104. The molecule has 1 aliphatic heterocycles. The first-order valence-corrected chi connectivity index (χ1v) is 7.67. The van der Waals surface area contributed by atoms with E-state index >= 15 is 0 Å². The smallest absolute Gasteiger partial charge is 0.317 e. The SMILES string of the molecule is CC(C)CC1OCCCC1NC(=O)N(C)CC(C)C(=O)O. The Morgan fingerprint density at radius 1 is 1.38 bits per heavy atom. The number of carbonyl (C=O) groups excluding carboxylic acids is 1. The molecule has 1 heterocycles. The van der Waals surface area contributed by atoms with Crippen molar-refractivity contribution in [2.75, 3.05) is 20.2 Å². The van der Waals surface area contributed by atoms with Crippen molar-refractivity contribution in [2.24, 2.45) is 11.8 Å². The van der Waals surface area contributed by atoms with Crippen LogP contribution in [0.3, 0.4) is 0 Å². The van der Waals surface area contributed by atoms with Crippen molar-refractivity contribution in [1.29, 1.82) is 0 Å². The van der Waals surface area contributed by atoms with E-state index in [-0.39, 0.29) is 24.7 Å². The van der Waals surface area contributed by atoms with Crippen LogP contribution in [0.1, 0.15) is 40.0 Å². The van der Waals surface area contributed by atoms with E-state index in [4.69, 9.17) is 9.84 Å². The second-order valence-electron chi connectivity index (χ2n) is 6.36. The third kappa shape index (κ3) is 5.91. The second-order valence-corrected chi connectivity index (χ2v) is 6.36. The van der Waals surface area contributed by atoms with E-state index in [1.807, 2.05) is 0 Å². The number of nitrogens with zero attached hydrogens (tertiary/aromatic N) is 1. The molecule has 0 spiro atoms. The minimum atomic E-state index is -0.895. The lowest BCUT2D eigenvalue weighted by atomic mass is 9.95. The molecule has 122 valence electrons. The highest BCUT2D eigenvalue weighted by Gasteiger charge is 2.29. The highest BCUT2D eigenvalue weighted by atomic mass is 16.5. The topological polar surface area (TPSA) is 78.9 Å². The average molecular weight is 300 g/mol. The summed E-state index contributed by atoms with van der Waals surface area (Å²) in [5.74, 6) is -0.958. The number of amides is 2. The number of aliphatic carboxylic acids is 1. The van der Waals surface area contributed by atoms with Gasteiger partial charge in [-0.25, -0.2) is 4.79 Å². The van der Waals surface area contributed by atoms with Crippen LogP contribution in [-0.4, -0.2) is 54.4 Å². The molecule has 0 aliphatic carbocycles. The number of carboxylic acid groups (broad SMARTS) is 1. The maximum atomic E-state index is 12.2. The quantitative estimate of drug-likeness (QED) is 0.786. The Morgan fingerprint density at radius 3 is 2.62 bits per heavy atom. The van der Waals surface area contributed by atoms with Crippen LogP contribution < -0.4 is 5.32 Å². The fourth-order valence-corrected chi connectivity index (χ4v) is 2.54. The van der Waals surface area contributed by atoms with E-state index in [9.17, 15) is 9.59 Å². The largest absolute Gasteiger partial charge is 0.481 e. The second kappa shape index (κ2) is 8.22. The molecule has 0 radical (unpaired) electrons. The van der Waals surface area contributed by atoms with Gasteiger partial charge < -0.3 is 20.1 Å². The van der Waals surface area contributed by atoms with Gasteiger partial charge >= 0.3 is 12.0 Å². The van der Waals surface area contributed by atoms with Gasteiger partial charge in [0.05, 0.1) is 18.1 Å². The van der Waals surface area contributed by atoms with Gasteiger partial charge in [-0.3, -0.25) is 4.79 Å². The molecule has 0 aromatic carbocycles. The zero-order chi connectivity index (χ0) is 16.0. The van der Waals surface area contributed by atoms with Gasteiger partial charge in [-0.2, -0.15) is 0 Å². The Kier molecular flexibility index (Phi) is 6.95. The van der Waals surface area contributed by atoms with Crippen molar-refractivity contribution in [3.63, 3.8) is 0 Å². The van der Waals surface area contributed by atoms with Crippen molar-refractivity contribution in [3.05, 3.63) is 0 Å². The summed E-state index contributed by atoms with van der Waals surface area (Å²) in [4.78, 5) is 24.4. The molecule has 2 amide bonds. The van der Waals surface area contributed by atoms with Crippen LogP contribution in [0.25, 0.3) is 0 Å². The van der Waals surface area contributed by atoms with Gasteiger partial charge in [-0.1, -0.05) is 20.8 Å². The van der Waals surface area contributed by atoms with Crippen molar-refractivity contribution < 1.29 is 19.4 Å². The Bertz CT molecular complexity index is 360. The third-order valence-electron chi connectivity index (χ3n) is 3.77. The Morgan fingerprint density at radius 2 is 2.05 bits per heavy atom. The number of urea groups is 1. The Balaban J connectivity index is 2.52. The highest BCUT2D eigenvalue weighted by Crippen LogP contribution is 2.20. The first kappa shape index (κ1) is 17.8. The van der Waals surface area contributed by atoms with Gasteiger partial charge in [-0.15, -0.1) is 0 Å². The number of hydrogen-bond donors (Lipinski definition) is 2. The first-order chi connectivity index (χ1) is 9.81. The zero-order valence-corrected chi connectivity index (χ0v) is 13.5. The van der Waals surface area contributed by atoms with Crippen molar-refractivity contribution in [3.8, 4) is 0 Å². The number of rotatable bonds is 6. The van der Waals surface area contributed by atoms with Gasteiger partial charge in [0, 0.05) is 20.2 Å². The molecule has 1 saturated heterocycles. The summed E-state index contributed by atoms with van der Waals surface area (Å²) in [7, 11) is 1.62. The maximum absolute atomic E-state index is 12.2. The molecule has 0 bridgehead atoms. The van der Waals surface area contributed by atoms with Gasteiger partial charge in [0.25, 0.3) is 0 Å². The van der Waals surface area contributed by atoms with Crippen LogP contribution in [0.2, 0.25) is 0 Å². The van der Waals surface area contributed by atoms with Crippen LogP contribution in [0.15, 0.2) is 0 Å². The van der Waals surface area contributed by atoms with Crippen LogP contribution in [0, 0.1) is 11.8 Å². The van der Waals surface area contributed by atoms with Crippen LogP contribution in [0.5, 0.6) is 0 Å². The molecule has 1 aliphatic rings. The van der Waals surface area contributed by atoms with Crippen LogP contribution in [0.4, 0.5) is 4.79 Å². The summed E-state index contributed by atoms with van der Waals surface area (Å²) in [5.41, 5.74) is 0. The molecule has 21 heavy (non-hydrogen) atoms. The van der Waals surface area contributed by atoms with E-state index in [1.54, 1.807) is 14.0 Å². The lowest BCUT2D eigenvalue weighted by Gasteiger charge is -2.34. The number of nitrogens with one attached hydrogen (secondary N) is 1. The molecule has 0 aromatic heterocycles. The third-order valence-corrected chi connectivity index (χ3v) is 3.77. The summed E-state index contributed by atoms with van der Waals surface area (Å²) < 4.78 is 5.77. The molecule has 6 nitrogen and oxygen atoms in total. The van der Waals surface area contributed by atoms with Crippen molar-refractivity contribution in [2.45, 2.75) is 52.2 Å². The molecule has 1 rings (SSSR count). The minimum Gasteiger partial charge on any atom is -0.481 e. The van der Waals surface area contributed by atoms with E-state index in [2.05, 4.69) is 19.2 Å². The Hall–Kier alpha value is -1.30. The molecule has 1 fully saturated rings. The maximum Gasteiger partial charge on any atom is 0.317 e. The van der Waals surface area contributed by atoms with Gasteiger partial charge in [0.1, 0.15) is 0 Å². The predicted octanol–water partition coefficient (Wildman–Crippen LogP) is 1.94. The normalized spacial score (nSPS) is 23.7. The van der Waals surface area contributed by atoms with Gasteiger partial charge in [0.15, 0.2) is 0 Å². The average Bonchev–Trinajstić information content (AvgIpc) is 2.40. The molecular weight excluding hydrogens is 272 g/mol. The molecule has 0 aromatic rings. The lowest BCUT2D eigenvalue weighted by molar-refractivity contribution is -0.141. The lowest BCUT2D eigenvalue weighted by Crippen LogP contribution is -2.52. The molecule has 0 saturated carbocycles. The Labute approximate surface area is 126 Å². The van der Waals surface area contributed by atoms with Gasteiger partial charge in [0.2, 0.25) is 0 Å². The number of hydrogen-bond acceptors (Lipinski definition) is 3. The van der Waals surface area contributed by atoms with Crippen LogP contribution >= 0.6 is 0 Å². The number of carbonyl (C=O) groups is 2. The van der Waals surface area contributed by atoms with Crippen LogP contribution in [-0.2, 0) is 9.53 Å². The molecule has 6 heteroatoms. The molecule has 2 N–H and O–H groups in total. The van der Waals surface area contributed by atoms with E-state index in [1.165, 1.54) is 4.90 Å². The summed E-state index contributed by atoms with van der Waals surface area (Å²) in [6, 6.07) is -0.219. The van der Waals surface area contributed by atoms with Crippen molar-refractivity contribution in [1.82, 2.24) is 10.2 Å². The molecule has 3 unspecified atom stereocenters. The summed E-state index contributed by atoms with van der Waals surface area (Å²) in [6.45, 7) is 6.81. The van der Waals surface area contributed by atoms with E-state index < -0.39 is 11.9 Å². The number of carboxylic acids is 1. The highest BCUT2D eigenvalue weighted by molar-refractivity contribution is 5.76. The molecule has 3 atom stereocenters. The number of ether oxygens (including phenoxy) is 1. The predicted molar refractivity (Wildman–Crippen MR) is 80.2 cm³/mol. The van der Waals surface area contributed by atoms with E-state index in [0.717, 1.165) is 25.9 Å². The summed E-state index contributed by atoms with van der Waals surface area (Å²) in [6.07, 6.45) is 2.81. The fourth-order valence-electron chi connectivity index (χ4n) is 2.54. The summed E-state index contributed by atoms with van der Waals surface area (Å²) >= 11 is 0. The van der Waals surface area contributed by atoms with Crippen molar-refractivity contribution >= 4 is 12.0 Å². The monoisotopic (exact) mass is 300 g/mol. The standard InChI is InChI=1S/C15H28N2O4/c1-10(2)8-13-12(6-5-7-21-13)16-15(20)17(4)9-11(3)14(18)19/h10-13H,5-9H2,1-4H3,(H,16,20)(H,18,19). The zero-order valence-electron chi connectivity index (χ0n) is 13.5. The van der Waals surface area contributed by atoms with Gasteiger partial charge in [-0.05, 0) is 25.2 Å². The fraction of sp³-hybridized carbons (Fsp3) is 0.867. The summed E-state index contributed by atoms with van der Waals surface area (Å²) in [5, 5.41) is 11.9. The molecular formula is C15H28N2O4. The van der Waals surface area contributed by atoms with E-state index in [0.29, 0.717) is 5.92 Å². The first-order valence-electron chi connectivity index (χ1n) is 7.67.